The molecule has 1 N–H and O–H groups in total. The van der Waals surface area contributed by atoms with Gasteiger partial charge >= 0.3 is 0 Å². The minimum absolute atomic E-state index is 0.123. The molecule has 0 bridgehead atoms. The highest BCUT2D eigenvalue weighted by Gasteiger charge is 2.29. The second-order valence-electron chi connectivity index (χ2n) is 5.86. The van der Waals surface area contributed by atoms with Gasteiger partial charge in [0.05, 0.1) is 17.7 Å². The summed E-state index contributed by atoms with van der Waals surface area (Å²) < 4.78 is 45.6. The minimum atomic E-state index is -4.11. The number of hydrogen-bond donors (Lipinski definition) is 1. The maximum atomic E-state index is 13.2. The van der Waals surface area contributed by atoms with Gasteiger partial charge < -0.3 is 10.1 Å². The molecule has 0 aromatic heterocycles. The Morgan fingerprint density at radius 2 is 1.77 bits per heavy atom. The van der Waals surface area contributed by atoms with E-state index in [-0.39, 0.29) is 16.6 Å². The summed E-state index contributed by atoms with van der Waals surface area (Å²) in [6, 6.07) is 10.8. The van der Waals surface area contributed by atoms with Crippen molar-refractivity contribution in [3.63, 3.8) is 0 Å². The third-order valence-corrected chi connectivity index (χ3v) is 5.27. The van der Waals surface area contributed by atoms with Crippen molar-refractivity contribution >= 4 is 21.6 Å². The second-order valence-corrected chi connectivity index (χ2v) is 7.72. The Balaban J connectivity index is 2.52. The zero-order chi connectivity index (χ0) is 19.3. The third kappa shape index (κ3) is 4.51. The summed E-state index contributed by atoms with van der Waals surface area (Å²) in [6.07, 6.45) is 0. The van der Waals surface area contributed by atoms with Crippen LogP contribution in [0.25, 0.3) is 0 Å². The summed E-state index contributed by atoms with van der Waals surface area (Å²) in [7, 11) is -2.70. The standard InChI is InChI=1S/C18H21FN2O4S/c1-13(2)20-18(22)12-21(16-6-4-5-7-17(16)25-3)26(23,24)15-10-8-14(19)9-11-15/h4-11,13H,12H2,1-3H3,(H,20,22). The van der Waals surface area contributed by atoms with Gasteiger partial charge in [-0.1, -0.05) is 12.1 Å². The fraction of sp³-hybridized carbons (Fsp3) is 0.278. The molecule has 2 rings (SSSR count). The number of hydrogen-bond acceptors (Lipinski definition) is 4. The van der Waals surface area contributed by atoms with Gasteiger partial charge in [-0.2, -0.15) is 0 Å². The number of ether oxygens (including phenoxy) is 1. The Morgan fingerprint density at radius 3 is 2.35 bits per heavy atom. The second kappa shape index (κ2) is 8.18. The van der Waals surface area contributed by atoms with E-state index in [0.717, 1.165) is 28.6 Å². The van der Waals surface area contributed by atoms with Gasteiger partial charge in [-0.05, 0) is 50.2 Å². The first kappa shape index (κ1) is 19.7. The Hall–Kier alpha value is -2.61. The molecule has 0 aliphatic carbocycles. The number of para-hydroxylation sites is 2. The van der Waals surface area contributed by atoms with E-state index in [9.17, 15) is 17.6 Å². The van der Waals surface area contributed by atoms with Gasteiger partial charge in [0.15, 0.2) is 0 Å². The predicted molar refractivity (Wildman–Crippen MR) is 97.2 cm³/mol. The van der Waals surface area contributed by atoms with E-state index in [1.807, 2.05) is 0 Å². The summed E-state index contributed by atoms with van der Waals surface area (Å²) in [5.41, 5.74) is 0.221. The summed E-state index contributed by atoms with van der Waals surface area (Å²) in [4.78, 5) is 12.1. The van der Waals surface area contributed by atoms with Gasteiger partial charge in [0.1, 0.15) is 18.1 Å². The highest BCUT2D eigenvalue weighted by molar-refractivity contribution is 7.92. The molecule has 0 heterocycles. The van der Waals surface area contributed by atoms with Gasteiger partial charge in [-0.3, -0.25) is 9.10 Å². The van der Waals surface area contributed by atoms with E-state index in [1.54, 1.807) is 38.1 Å². The normalized spacial score (nSPS) is 11.3. The van der Waals surface area contributed by atoms with Crippen LogP contribution < -0.4 is 14.4 Å². The lowest BCUT2D eigenvalue weighted by molar-refractivity contribution is -0.120. The molecule has 140 valence electrons. The van der Waals surface area contributed by atoms with Crippen molar-refractivity contribution in [2.45, 2.75) is 24.8 Å². The molecule has 1 amide bonds. The third-order valence-electron chi connectivity index (χ3n) is 3.49. The number of amides is 1. The molecule has 0 saturated carbocycles. The van der Waals surface area contributed by atoms with Crippen LogP contribution in [0.1, 0.15) is 13.8 Å². The molecular weight excluding hydrogens is 359 g/mol. The maximum Gasteiger partial charge on any atom is 0.264 e. The van der Waals surface area contributed by atoms with E-state index in [1.165, 1.54) is 7.11 Å². The first-order valence-electron chi connectivity index (χ1n) is 7.96. The Kier molecular flexibility index (Phi) is 6.20. The number of nitrogens with zero attached hydrogens (tertiary/aromatic N) is 1. The van der Waals surface area contributed by atoms with Gasteiger partial charge in [0, 0.05) is 6.04 Å². The van der Waals surface area contributed by atoms with E-state index < -0.39 is 28.3 Å². The molecule has 0 aliphatic heterocycles. The Bertz CT molecular complexity index is 867. The van der Waals surface area contributed by atoms with Crippen LogP contribution in [0.2, 0.25) is 0 Å². The van der Waals surface area contributed by atoms with Crippen LogP contribution in [0.15, 0.2) is 53.4 Å². The number of benzene rings is 2. The number of anilines is 1. The maximum absolute atomic E-state index is 13.2. The molecular formula is C18H21FN2O4S. The molecule has 26 heavy (non-hydrogen) atoms. The fourth-order valence-electron chi connectivity index (χ4n) is 2.37. The molecule has 0 spiro atoms. The lowest BCUT2D eigenvalue weighted by Crippen LogP contribution is -2.43. The lowest BCUT2D eigenvalue weighted by atomic mass is 10.3. The summed E-state index contributed by atoms with van der Waals surface area (Å²) in [6.45, 7) is 3.12. The molecule has 2 aromatic carbocycles. The number of carbonyl (C=O) groups excluding carboxylic acids is 1. The van der Waals surface area contributed by atoms with E-state index in [0.29, 0.717) is 5.75 Å². The van der Waals surface area contributed by atoms with Crippen molar-refractivity contribution in [3.05, 3.63) is 54.3 Å². The molecule has 8 heteroatoms. The number of nitrogens with one attached hydrogen (secondary N) is 1. The SMILES string of the molecule is COc1ccccc1N(CC(=O)NC(C)C)S(=O)(=O)c1ccc(F)cc1. The number of sulfonamides is 1. The minimum Gasteiger partial charge on any atom is -0.495 e. The lowest BCUT2D eigenvalue weighted by Gasteiger charge is -2.26. The van der Waals surface area contributed by atoms with Crippen molar-refractivity contribution in [2.24, 2.45) is 0 Å². The first-order valence-corrected chi connectivity index (χ1v) is 9.40. The monoisotopic (exact) mass is 380 g/mol. The van der Waals surface area contributed by atoms with Crippen molar-refractivity contribution in [3.8, 4) is 5.75 Å². The summed E-state index contributed by atoms with van der Waals surface area (Å²) in [5, 5.41) is 2.67. The van der Waals surface area contributed by atoms with Crippen LogP contribution in [0.4, 0.5) is 10.1 Å². The van der Waals surface area contributed by atoms with Crippen LogP contribution in [0.5, 0.6) is 5.75 Å². The number of halogens is 1. The molecule has 0 unspecified atom stereocenters. The molecule has 0 atom stereocenters. The highest BCUT2D eigenvalue weighted by Crippen LogP contribution is 2.32. The Labute approximate surface area is 152 Å². The van der Waals surface area contributed by atoms with Crippen LogP contribution in [0.3, 0.4) is 0 Å². The number of rotatable bonds is 7. The Morgan fingerprint density at radius 1 is 1.15 bits per heavy atom. The highest BCUT2D eigenvalue weighted by atomic mass is 32.2. The fourth-order valence-corrected chi connectivity index (χ4v) is 3.80. The van der Waals surface area contributed by atoms with E-state index in [4.69, 9.17) is 4.74 Å². The van der Waals surface area contributed by atoms with Gasteiger partial charge in [-0.25, -0.2) is 12.8 Å². The van der Waals surface area contributed by atoms with Gasteiger partial charge in [-0.15, -0.1) is 0 Å². The topological polar surface area (TPSA) is 75.7 Å². The molecule has 0 saturated heterocycles. The van der Waals surface area contributed by atoms with E-state index >= 15 is 0 Å². The number of carbonyl (C=O) groups is 1. The molecule has 2 aromatic rings. The largest absolute Gasteiger partial charge is 0.495 e. The average Bonchev–Trinajstić information content (AvgIpc) is 2.59. The van der Waals surface area contributed by atoms with Gasteiger partial charge in [0.2, 0.25) is 5.91 Å². The van der Waals surface area contributed by atoms with Crippen LogP contribution >= 0.6 is 0 Å². The van der Waals surface area contributed by atoms with Crippen molar-refractivity contribution in [1.29, 1.82) is 0 Å². The van der Waals surface area contributed by atoms with Gasteiger partial charge in [0.25, 0.3) is 10.0 Å². The van der Waals surface area contributed by atoms with E-state index in [2.05, 4.69) is 5.32 Å². The average molecular weight is 380 g/mol. The van der Waals surface area contributed by atoms with Crippen LogP contribution in [-0.4, -0.2) is 34.0 Å². The van der Waals surface area contributed by atoms with Crippen LogP contribution in [-0.2, 0) is 14.8 Å². The first-order chi connectivity index (χ1) is 12.3. The van der Waals surface area contributed by atoms with Crippen molar-refractivity contribution in [2.75, 3.05) is 18.0 Å². The van der Waals surface area contributed by atoms with Crippen molar-refractivity contribution < 1.29 is 22.3 Å². The summed E-state index contributed by atoms with van der Waals surface area (Å²) >= 11 is 0. The molecule has 0 fully saturated rings. The summed E-state index contributed by atoms with van der Waals surface area (Å²) in [5.74, 6) is -0.711. The van der Waals surface area contributed by atoms with Crippen LogP contribution in [0, 0.1) is 5.82 Å². The molecule has 0 aliphatic rings. The zero-order valence-electron chi connectivity index (χ0n) is 14.8. The predicted octanol–water partition coefficient (Wildman–Crippen LogP) is 2.55. The molecule has 0 radical (unpaired) electrons. The quantitative estimate of drug-likeness (QED) is 0.801. The van der Waals surface area contributed by atoms with Crippen molar-refractivity contribution in [1.82, 2.24) is 5.32 Å². The smallest absolute Gasteiger partial charge is 0.264 e. The number of methoxy groups -OCH3 is 1. The molecule has 6 nitrogen and oxygen atoms in total. The zero-order valence-corrected chi connectivity index (χ0v) is 15.6.